The van der Waals surface area contributed by atoms with Gasteiger partial charge in [-0.3, -0.25) is 0 Å². The van der Waals surface area contributed by atoms with Crippen LogP contribution in [0.4, 0.5) is 0 Å². The van der Waals surface area contributed by atoms with Gasteiger partial charge < -0.3 is 14.6 Å². The number of aliphatic hydroxyl groups is 1. The van der Waals surface area contributed by atoms with Crippen molar-refractivity contribution in [1.29, 1.82) is 0 Å². The number of methoxy groups -OCH3 is 1. The first kappa shape index (κ1) is 13.2. The van der Waals surface area contributed by atoms with E-state index in [0.29, 0.717) is 0 Å². The van der Waals surface area contributed by atoms with Crippen LogP contribution in [0.15, 0.2) is 24.3 Å². The van der Waals surface area contributed by atoms with Crippen LogP contribution in [0.25, 0.3) is 0 Å². The predicted octanol–water partition coefficient (Wildman–Crippen LogP) is 3.16. The van der Waals surface area contributed by atoms with Gasteiger partial charge >= 0.3 is 0 Å². The van der Waals surface area contributed by atoms with E-state index in [0.717, 1.165) is 37.2 Å². The minimum atomic E-state index is -0.340. The maximum Gasteiger partial charge on any atom is 0.124 e. The molecule has 1 aliphatic carbocycles. The van der Waals surface area contributed by atoms with Crippen LogP contribution in [0.5, 0.6) is 11.5 Å². The highest BCUT2D eigenvalue weighted by molar-refractivity contribution is 5.31. The van der Waals surface area contributed by atoms with E-state index >= 15 is 0 Å². The van der Waals surface area contributed by atoms with Crippen LogP contribution in [-0.2, 0) is 0 Å². The van der Waals surface area contributed by atoms with Crippen LogP contribution < -0.4 is 9.47 Å². The summed E-state index contributed by atoms with van der Waals surface area (Å²) in [6.45, 7) is 0. The molecule has 2 unspecified atom stereocenters. The average Bonchev–Trinajstić information content (AvgIpc) is 2.39. The Balaban J connectivity index is 1.96. The summed E-state index contributed by atoms with van der Waals surface area (Å²) in [6.07, 6.45) is 6.09. The van der Waals surface area contributed by atoms with Gasteiger partial charge in [0.25, 0.3) is 0 Å². The number of aliphatic hydroxyl groups excluding tert-OH is 1. The standard InChI is InChI=1S/C15H22O3/c1-17-12-8-10-13(11-9-12)18-15-7-5-3-2-4-6-14(15)16/h8-11,14-16H,2-7H2,1H3. The summed E-state index contributed by atoms with van der Waals surface area (Å²) in [5.74, 6) is 1.63. The molecular formula is C15H22O3. The van der Waals surface area contributed by atoms with E-state index in [9.17, 15) is 5.11 Å². The molecule has 0 amide bonds. The van der Waals surface area contributed by atoms with Gasteiger partial charge in [-0.1, -0.05) is 19.3 Å². The van der Waals surface area contributed by atoms with Crippen LogP contribution in [0.3, 0.4) is 0 Å². The number of hydrogen-bond acceptors (Lipinski definition) is 3. The van der Waals surface area contributed by atoms with Crippen LogP contribution in [0.1, 0.15) is 38.5 Å². The van der Waals surface area contributed by atoms with Crippen molar-refractivity contribution in [2.45, 2.75) is 50.7 Å². The second kappa shape index (κ2) is 6.64. The van der Waals surface area contributed by atoms with E-state index < -0.39 is 0 Å². The minimum Gasteiger partial charge on any atom is -0.497 e. The fourth-order valence-corrected chi connectivity index (χ4v) is 2.40. The van der Waals surface area contributed by atoms with Gasteiger partial charge in [0.05, 0.1) is 13.2 Å². The third kappa shape index (κ3) is 3.64. The van der Waals surface area contributed by atoms with Gasteiger partial charge in [-0.2, -0.15) is 0 Å². The average molecular weight is 250 g/mol. The Kier molecular flexibility index (Phi) is 4.88. The minimum absolute atomic E-state index is 0.0707. The molecule has 100 valence electrons. The van der Waals surface area contributed by atoms with Crippen LogP contribution in [-0.4, -0.2) is 24.4 Å². The lowest BCUT2D eigenvalue weighted by Gasteiger charge is -2.26. The third-order valence-electron chi connectivity index (χ3n) is 3.51. The monoisotopic (exact) mass is 250 g/mol. The maximum absolute atomic E-state index is 10.1. The molecule has 3 nitrogen and oxygen atoms in total. The molecule has 2 rings (SSSR count). The molecule has 3 heteroatoms. The van der Waals surface area contributed by atoms with Crippen molar-refractivity contribution in [3.63, 3.8) is 0 Å². The van der Waals surface area contributed by atoms with E-state index in [1.165, 1.54) is 12.8 Å². The van der Waals surface area contributed by atoms with Gasteiger partial charge in [0, 0.05) is 0 Å². The quantitative estimate of drug-likeness (QED) is 0.895. The smallest absolute Gasteiger partial charge is 0.124 e. The fraction of sp³-hybridized carbons (Fsp3) is 0.600. The Morgan fingerprint density at radius 2 is 1.56 bits per heavy atom. The van der Waals surface area contributed by atoms with Gasteiger partial charge in [0.15, 0.2) is 0 Å². The van der Waals surface area contributed by atoms with Gasteiger partial charge in [-0.05, 0) is 43.5 Å². The van der Waals surface area contributed by atoms with Crippen molar-refractivity contribution in [3.05, 3.63) is 24.3 Å². The number of ether oxygens (including phenoxy) is 2. The summed E-state index contributed by atoms with van der Waals surface area (Å²) < 4.78 is 11.0. The summed E-state index contributed by atoms with van der Waals surface area (Å²) in [7, 11) is 1.65. The molecule has 1 saturated carbocycles. The highest BCUT2D eigenvalue weighted by Crippen LogP contribution is 2.24. The molecule has 0 aliphatic heterocycles. The lowest BCUT2D eigenvalue weighted by Crippen LogP contribution is -2.32. The normalized spacial score (nSPS) is 25.0. The lowest BCUT2D eigenvalue weighted by atomic mass is 9.96. The topological polar surface area (TPSA) is 38.7 Å². The highest BCUT2D eigenvalue weighted by atomic mass is 16.5. The molecule has 0 saturated heterocycles. The summed E-state index contributed by atoms with van der Waals surface area (Å²) >= 11 is 0. The van der Waals surface area contributed by atoms with Gasteiger partial charge in [-0.25, -0.2) is 0 Å². The molecule has 2 atom stereocenters. The third-order valence-corrected chi connectivity index (χ3v) is 3.51. The first-order chi connectivity index (χ1) is 8.79. The molecule has 1 aliphatic rings. The second-order valence-electron chi connectivity index (χ2n) is 4.89. The molecule has 1 aromatic rings. The lowest BCUT2D eigenvalue weighted by molar-refractivity contribution is 0.0187. The Hall–Kier alpha value is -1.22. The van der Waals surface area contributed by atoms with Gasteiger partial charge in [-0.15, -0.1) is 0 Å². The summed E-state index contributed by atoms with van der Waals surface area (Å²) in [5.41, 5.74) is 0. The zero-order valence-corrected chi connectivity index (χ0v) is 11.0. The summed E-state index contributed by atoms with van der Waals surface area (Å²) in [5, 5.41) is 10.1. The van der Waals surface area contributed by atoms with Crippen molar-refractivity contribution in [2.75, 3.05) is 7.11 Å². The Morgan fingerprint density at radius 3 is 2.22 bits per heavy atom. The van der Waals surface area contributed by atoms with Crippen molar-refractivity contribution < 1.29 is 14.6 Å². The summed E-state index contributed by atoms with van der Waals surface area (Å²) in [4.78, 5) is 0. The Morgan fingerprint density at radius 1 is 0.944 bits per heavy atom. The predicted molar refractivity (Wildman–Crippen MR) is 71.1 cm³/mol. The molecular weight excluding hydrogens is 228 g/mol. The largest absolute Gasteiger partial charge is 0.497 e. The highest BCUT2D eigenvalue weighted by Gasteiger charge is 2.22. The number of benzene rings is 1. The Bertz CT molecular complexity index is 347. The molecule has 18 heavy (non-hydrogen) atoms. The fourth-order valence-electron chi connectivity index (χ4n) is 2.40. The molecule has 0 radical (unpaired) electrons. The molecule has 0 aromatic heterocycles. The van der Waals surface area contributed by atoms with E-state index in [4.69, 9.17) is 9.47 Å². The summed E-state index contributed by atoms with van der Waals surface area (Å²) in [6, 6.07) is 7.55. The van der Waals surface area contributed by atoms with Crippen molar-refractivity contribution in [1.82, 2.24) is 0 Å². The zero-order valence-electron chi connectivity index (χ0n) is 11.0. The second-order valence-corrected chi connectivity index (χ2v) is 4.89. The van der Waals surface area contributed by atoms with Crippen LogP contribution in [0.2, 0.25) is 0 Å². The molecule has 1 N–H and O–H groups in total. The SMILES string of the molecule is COc1ccc(OC2CCCCCCC2O)cc1. The van der Waals surface area contributed by atoms with E-state index in [2.05, 4.69) is 0 Å². The molecule has 0 heterocycles. The van der Waals surface area contributed by atoms with Gasteiger partial charge in [0.1, 0.15) is 17.6 Å². The number of hydrogen-bond donors (Lipinski definition) is 1. The zero-order chi connectivity index (χ0) is 12.8. The van der Waals surface area contributed by atoms with Crippen LogP contribution >= 0.6 is 0 Å². The Labute approximate surface area is 109 Å². The van der Waals surface area contributed by atoms with Crippen molar-refractivity contribution >= 4 is 0 Å². The molecule has 1 aromatic carbocycles. The van der Waals surface area contributed by atoms with Crippen LogP contribution in [0, 0.1) is 0 Å². The first-order valence-corrected chi connectivity index (χ1v) is 6.78. The molecule has 1 fully saturated rings. The van der Waals surface area contributed by atoms with Crippen molar-refractivity contribution in [2.24, 2.45) is 0 Å². The van der Waals surface area contributed by atoms with Gasteiger partial charge in [0.2, 0.25) is 0 Å². The maximum atomic E-state index is 10.1. The van der Waals surface area contributed by atoms with E-state index in [1.54, 1.807) is 7.11 Å². The van der Waals surface area contributed by atoms with E-state index in [-0.39, 0.29) is 12.2 Å². The van der Waals surface area contributed by atoms with E-state index in [1.807, 2.05) is 24.3 Å². The first-order valence-electron chi connectivity index (χ1n) is 6.78. The molecule has 0 bridgehead atoms. The van der Waals surface area contributed by atoms with Crippen molar-refractivity contribution in [3.8, 4) is 11.5 Å². The molecule has 0 spiro atoms. The number of rotatable bonds is 3.